The van der Waals surface area contributed by atoms with Crippen molar-refractivity contribution in [3.63, 3.8) is 0 Å². The Kier molecular flexibility index (Phi) is 5.09. The van der Waals surface area contributed by atoms with E-state index in [4.69, 9.17) is 25.5 Å². The van der Waals surface area contributed by atoms with Crippen LogP contribution < -0.4 is 15.1 Å². The minimum Gasteiger partial charge on any atom is -0.497 e. The van der Waals surface area contributed by atoms with E-state index in [1.165, 1.54) is 0 Å². The van der Waals surface area contributed by atoms with Gasteiger partial charge < -0.3 is 13.9 Å². The summed E-state index contributed by atoms with van der Waals surface area (Å²) in [4.78, 5) is 24.6. The number of benzene rings is 2. The highest BCUT2D eigenvalue weighted by atomic mass is 35.5. The fourth-order valence-corrected chi connectivity index (χ4v) is 3.78. The quantitative estimate of drug-likeness (QED) is 0.464. The number of rotatable bonds is 5. The van der Waals surface area contributed by atoms with Gasteiger partial charge in [0, 0.05) is 22.6 Å². The Morgan fingerprint density at radius 3 is 2.54 bits per heavy atom. The second kappa shape index (κ2) is 7.68. The van der Waals surface area contributed by atoms with E-state index >= 15 is 0 Å². The van der Waals surface area contributed by atoms with Gasteiger partial charge in [-0.25, -0.2) is 4.79 Å². The maximum absolute atomic E-state index is 12.4. The van der Waals surface area contributed by atoms with Gasteiger partial charge in [-0.05, 0) is 61.6 Å². The van der Waals surface area contributed by atoms with E-state index in [0.717, 1.165) is 42.2 Å². The van der Waals surface area contributed by atoms with E-state index in [9.17, 15) is 9.59 Å². The SMILES string of the molecule is COc1ccc(C(=O)COc2cc3oc(=O)c4c(c3cc2Cl)CCCC4)cc1. The van der Waals surface area contributed by atoms with Crippen LogP contribution >= 0.6 is 11.6 Å². The van der Waals surface area contributed by atoms with Crippen LogP contribution in [0.4, 0.5) is 0 Å². The van der Waals surface area contributed by atoms with Crippen molar-refractivity contribution in [2.24, 2.45) is 0 Å². The molecule has 1 aliphatic rings. The highest BCUT2D eigenvalue weighted by Crippen LogP contribution is 2.34. The lowest BCUT2D eigenvalue weighted by Crippen LogP contribution is -2.16. The Morgan fingerprint density at radius 2 is 1.82 bits per heavy atom. The third kappa shape index (κ3) is 3.50. The predicted octanol–water partition coefficient (Wildman–Crippen LogP) is 4.60. The van der Waals surface area contributed by atoms with Crippen LogP contribution in [0.5, 0.6) is 11.5 Å². The van der Waals surface area contributed by atoms with Crippen molar-refractivity contribution in [3.8, 4) is 11.5 Å². The lowest BCUT2D eigenvalue weighted by molar-refractivity contribution is 0.0921. The van der Waals surface area contributed by atoms with Crippen LogP contribution in [0.2, 0.25) is 5.02 Å². The Balaban J connectivity index is 1.59. The number of fused-ring (bicyclic) bond motifs is 3. The predicted molar refractivity (Wildman–Crippen MR) is 107 cm³/mol. The summed E-state index contributed by atoms with van der Waals surface area (Å²) < 4.78 is 16.2. The molecule has 1 heterocycles. The summed E-state index contributed by atoms with van der Waals surface area (Å²) in [5.41, 5.74) is 2.41. The molecule has 5 nitrogen and oxygen atoms in total. The molecule has 1 aliphatic carbocycles. The molecule has 0 aliphatic heterocycles. The molecule has 1 aromatic heterocycles. The van der Waals surface area contributed by atoms with Crippen LogP contribution in [-0.4, -0.2) is 19.5 Å². The molecule has 28 heavy (non-hydrogen) atoms. The average molecular weight is 399 g/mol. The Bertz CT molecular complexity index is 1100. The first-order valence-corrected chi connectivity index (χ1v) is 9.53. The summed E-state index contributed by atoms with van der Waals surface area (Å²) in [5, 5.41) is 1.23. The van der Waals surface area contributed by atoms with Crippen LogP contribution in [0, 0.1) is 0 Å². The van der Waals surface area contributed by atoms with Gasteiger partial charge in [-0.15, -0.1) is 0 Å². The van der Waals surface area contributed by atoms with E-state index in [1.807, 2.05) is 0 Å². The van der Waals surface area contributed by atoms with Gasteiger partial charge in [-0.2, -0.15) is 0 Å². The average Bonchev–Trinajstić information content (AvgIpc) is 2.73. The van der Waals surface area contributed by atoms with Crippen molar-refractivity contribution in [2.45, 2.75) is 25.7 Å². The summed E-state index contributed by atoms with van der Waals surface area (Å²) in [6.07, 6.45) is 3.60. The zero-order valence-corrected chi connectivity index (χ0v) is 16.2. The molecule has 0 unspecified atom stereocenters. The molecule has 0 saturated carbocycles. The number of hydrogen-bond donors (Lipinski definition) is 0. The first-order valence-electron chi connectivity index (χ1n) is 9.15. The summed E-state index contributed by atoms with van der Waals surface area (Å²) >= 11 is 6.38. The van der Waals surface area contributed by atoms with Gasteiger partial charge in [0.2, 0.25) is 0 Å². The molecule has 6 heteroatoms. The number of ether oxygens (including phenoxy) is 2. The summed E-state index contributed by atoms with van der Waals surface area (Å²) in [6.45, 7) is -0.174. The zero-order chi connectivity index (χ0) is 19.7. The lowest BCUT2D eigenvalue weighted by Gasteiger charge is -2.17. The van der Waals surface area contributed by atoms with E-state index in [0.29, 0.717) is 27.7 Å². The summed E-state index contributed by atoms with van der Waals surface area (Å²) in [7, 11) is 1.57. The fraction of sp³-hybridized carbons (Fsp3) is 0.273. The van der Waals surface area contributed by atoms with Crippen molar-refractivity contribution in [3.05, 3.63) is 68.5 Å². The van der Waals surface area contributed by atoms with E-state index in [-0.39, 0.29) is 18.0 Å². The topological polar surface area (TPSA) is 65.7 Å². The molecule has 0 fully saturated rings. The van der Waals surface area contributed by atoms with Crippen LogP contribution in [0.3, 0.4) is 0 Å². The van der Waals surface area contributed by atoms with Gasteiger partial charge in [0.05, 0.1) is 12.1 Å². The first-order chi connectivity index (χ1) is 13.6. The molecular formula is C22H19ClO5. The number of methoxy groups -OCH3 is 1. The molecule has 0 radical (unpaired) electrons. The van der Waals surface area contributed by atoms with Crippen molar-refractivity contribution >= 4 is 28.4 Å². The molecule has 4 rings (SSSR count). The minimum atomic E-state index is -0.301. The molecule has 0 bridgehead atoms. The fourth-order valence-electron chi connectivity index (χ4n) is 3.56. The number of carbonyl (C=O) groups is 1. The molecule has 2 aromatic carbocycles. The van der Waals surface area contributed by atoms with Gasteiger partial charge in [-0.1, -0.05) is 11.6 Å². The highest BCUT2D eigenvalue weighted by molar-refractivity contribution is 6.32. The number of carbonyl (C=O) groups excluding carboxylic acids is 1. The molecule has 0 N–H and O–H groups in total. The monoisotopic (exact) mass is 398 g/mol. The van der Waals surface area contributed by atoms with Crippen molar-refractivity contribution in [1.29, 1.82) is 0 Å². The normalized spacial score (nSPS) is 13.2. The smallest absolute Gasteiger partial charge is 0.339 e. The van der Waals surface area contributed by atoms with Crippen molar-refractivity contribution < 1.29 is 18.7 Å². The minimum absolute atomic E-state index is 0.174. The summed E-state index contributed by atoms with van der Waals surface area (Å²) in [6, 6.07) is 10.1. The van der Waals surface area contributed by atoms with Crippen molar-refractivity contribution in [1.82, 2.24) is 0 Å². The van der Waals surface area contributed by atoms with Gasteiger partial charge in [-0.3, -0.25) is 4.79 Å². The van der Waals surface area contributed by atoms with E-state index in [1.54, 1.807) is 43.5 Å². The largest absolute Gasteiger partial charge is 0.497 e. The molecule has 3 aromatic rings. The lowest BCUT2D eigenvalue weighted by atomic mass is 9.91. The van der Waals surface area contributed by atoms with Crippen LogP contribution in [0.1, 0.15) is 34.3 Å². The number of Topliss-reactive ketones (excluding diaryl/α,β-unsaturated/α-hetero) is 1. The van der Waals surface area contributed by atoms with E-state index < -0.39 is 0 Å². The Labute approximate surface area is 166 Å². The molecule has 0 spiro atoms. The second-order valence-corrected chi connectivity index (χ2v) is 7.18. The Hall–Kier alpha value is -2.79. The van der Waals surface area contributed by atoms with Crippen molar-refractivity contribution in [2.75, 3.05) is 13.7 Å². The van der Waals surface area contributed by atoms with E-state index in [2.05, 4.69) is 0 Å². The molecule has 144 valence electrons. The molecule has 0 saturated heterocycles. The van der Waals surface area contributed by atoms with Gasteiger partial charge in [0.1, 0.15) is 17.1 Å². The number of ketones is 1. The standard InChI is InChI=1S/C22H19ClO5/c1-26-14-8-6-13(7-9-14)19(24)12-27-21-11-20-17(10-18(21)23)15-4-2-3-5-16(15)22(25)28-20/h6-11H,2-5,12H2,1H3. The molecular weight excluding hydrogens is 380 g/mol. The van der Waals surface area contributed by atoms with Crippen LogP contribution in [0.15, 0.2) is 45.6 Å². The Morgan fingerprint density at radius 1 is 1.11 bits per heavy atom. The third-order valence-corrected chi connectivity index (χ3v) is 5.34. The van der Waals surface area contributed by atoms with Gasteiger partial charge in [0.25, 0.3) is 0 Å². The van der Waals surface area contributed by atoms with Gasteiger partial charge in [0.15, 0.2) is 12.4 Å². The van der Waals surface area contributed by atoms with Crippen LogP contribution in [-0.2, 0) is 12.8 Å². The second-order valence-electron chi connectivity index (χ2n) is 6.77. The first kappa shape index (κ1) is 18.6. The number of halogens is 1. The number of hydrogen-bond acceptors (Lipinski definition) is 5. The maximum atomic E-state index is 12.4. The maximum Gasteiger partial charge on any atom is 0.339 e. The molecule has 0 amide bonds. The summed E-state index contributed by atoms with van der Waals surface area (Å²) in [5.74, 6) is 0.800. The molecule has 0 atom stereocenters. The zero-order valence-electron chi connectivity index (χ0n) is 15.4. The van der Waals surface area contributed by atoms with Gasteiger partial charge >= 0.3 is 5.63 Å². The van der Waals surface area contributed by atoms with Crippen LogP contribution in [0.25, 0.3) is 11.0 Å². The number of aryl methyl sites for hydroxylation is 1. The third-order valence-electron chi connectivity index (χ3n) is 5.05. The highest BCUT2D eigenvalue weighted by Gasteiger charge is 2.20.